The van der Waals surface area contributed by atoms with E-state index in [1.54, 1.807) is 0 Å². The fraction of sp³-hybridized carbons (Fsp3) is 0.838. The first kappa shape index (κ1) is 39.4. The Hall–Kier alpha value is -1.58. The Balaban J connectivity index is 3.67. The molecule has 0 aromatic heterocycles. The largest absolute Gasteiger partial charge is 0.481 e. The first-order valence-corrected chi connectivity index (χ1v) is 17.8. The molecule has 0 saturated heterocycles. The van der Waals surface area contributed by atoms with Crippen LogP contribution in [0.1, 0.15) is 194 Å². The minimum atomic E-state index is -0.680. The van der Waals surface area contributed by atoms with Crippen LogP contribution in [-0.4, -0.2) is 23.1 Å². The molecular formula is C37H68O4. The number of hydrogen-bond donors (Lipinski definition) is 1. The summed E-state index contributed by atoms with van der Waals surface area (Å²) >= 11 is 0. The van der Waals surface area contributed by atoms with Crippen LogP contribution in [-0.2, 0) is 14.3 Å². The Bertz CT molecular complexity index is 624. The molecule has 0 saturated carbocycles. The molecule has 4 heteroatoms. The Morgan fingerprint density at radius 3 is 1.51 bits per heavy atom. The van der Waals surface area contributed by atoms with E-state index in [0.717, 1.165) is 70.6 Å². The molecule has 0 aliphatic rings. The predicted octanol–water partition coefficient (Wildman–Crippen LogP) is 12.1. The van der Waals surface area contributed by atoms with Crippen molar-refractivity contribution in [2.24, 2.45) is 0 Å². The summed E-state index contributed by atoms with van der Waals surface area (Å²) in [6.45, 7) is 4.45. The van der Waals surface area contributed by atoms with Crippen molar-refractivity contribution in [3.8, 4) is 0 Å². The molecule has 0 aromatic rings. The molecule has 0 aromatic carbocycles. The zero-order chi connectivity index (χ0) is 30.1. The normalized spacial score (nSPS) is 12.4. The Morgan fingerprint density at radius 1 is 0.537 bits per heavy atom. The Labute approximate surface area is 255 Å². The minimum Gasteiger partial charge on any atom is -0.481 e. The highest BCUT2D eigenvalue weighted by Gasteiger charge is 2.13. The summed E-state index contributed by atoms with van der Waals surface area (Å²) in [7, 11) is 0. The third-order valence-electron chi connectivity index (χ3n) is 7.93. The summed E-state index contributed by atoms with van der Waals surface area (Å²) in [4.78, 5) is 23.0. The van der Waals surface area contributed by atoms with Crippen LogP contribution in [0.3, 0.4) is 0 Å². The Morgan fingerprint density at radius 2 is 0.976 bits per heavy atom. The van der Waals surface area contributed by atoms with Crippen molar-refractivity contribution in [3.63, 3.8) is 0 Å². The predicted molar refractivity (Wildman–Crippen MR) is 176 cm³/mol. The van der Waals surface area contributed by atoms with E-state index in [-0.39, 0.29) is 12.1 Å². The van der Waals surface area contributed by atoms with E-state index in [2.05, 4.69) is 38.2 Å². The van der Waals surface area contributed by atoms with Crippen LogP contribution < -0.4 is 0 Å². The number of carbonyl (C=O) groups excluding carboxylic acids is 1. The quantitative estimate of drug-likeness (QED) is 0.0491. The van der Waals surface area contributed by atoms with Crippen molar-refractivity contribution in [1.82, 2.24) is 0 Å². The number of rotatable bonds is 32. The number of allylic oxidation sites excluding steroid dienone is 4. The monoisotopic (exact) mass is 577 g/mol. The molecular weight excluding hydrogens is 508 g/mol. The van der Waals surface area contributed by atoms with Crippen LogP contribution in [0.25, 0.3) is 0 Å². The van der Waals surface area contributed by atoms with Gasteiger partial charge in [-0.15, -0.1) is 0 Å². The zero-order valence-corrected chi connectivity index (χ0v) is 27.4. The highest BCUT2D eigenvalue weighted by Crippen LogP contribution is 2.18. The van der Waals surface area contributed by atoms with Crippen molar-refractivity contribution in [2.75, 3.05) is 0 Å². The lowest BCUT2D eigenvalue weighted by atomic mass is 10.0. The van der Waals surface area contributed by atoms with Crippen LogP contribution in [0, 0.1) is 0 Å². The third-order valence-corrected chi connectivity index (χ3v) is 7.93. The molecule has 1 atom stereocenters. The molecule has 0 bridgehead atoms. The highest BCUT2D eigenvalue weighted by molar-refractivity contribution is 5.69. The van der Waals surface area contributed by atoms with Gasteiger partial charge in [0.05, 0.1) is 0 Å². The van der Waals surface area contributed by atoms with Gasteiger partial charge in [-0.25, -0.2) is 0 Å². The fourth-order valence-electron chi connectivity index (χ4n) is 5.26. The first-order chi connectivity index (χ1) is 20.1. The van der Waals surface area contributed by atoms with E-state index < -0.39 is 5.97 Å². The van der Waals surface area contributed by atoms with E-state index in [4.69, 9.17) is 9.84 Å². The molecule has 0 amide bonds. The van der Waals surface area contributed by atoms with E-state index >= 15 is 0 Å². The SMILES string of the molecule is CCCCC/C=C\C/C=C\CCCCCCCCCC(=O)OC(CCCC)CCCCCCCCCCCC(=O)O. The van der Waals surface area contributed by atoms with Gasteiger partial charge in [0.15, 0.2) is 0 Å². The number of carboxylic acid groups (broad SMARTS) is 1. The molecule has 0 fully saturated rings. The fourth-order valence-corrected chi connectivity index (χ4v) is 5.26. The van der Waals surface area contributed by atoms with Crippen molar-refractivity contribution in [3.05, 3.63) is 24.3 Å². The summed E-state index contributed by atoms with van der Waals surface area (Å²) in [6.07, 6.45) is 40.9. The maximum absolute atomic E-state index is 12.4. The average Bonchev–Trinajstić information content (AvgIpc) is 2.95. The lowest BCUT2D eigenvalue weighted by molar-refractivity contribution is -0.150. The van der Waals surface area contributed by atoms with Gasteiger partial charge in [0.2, 0.25) is 0 Å². The van der Waals surface area contributed by atoms with Gasteiger partial charge < -0.3 is 9.84 Å². The molecule has 4 nitrogen and oxygen atoms in total. The van der Waals surface area contributed by atoms with Crippen LogP contribution in [0.2, 0.25) is 0 Å². The molecule has 0 aliphatic heterocycles. The van der Waals surface area contributed by atoms with E-state index in [9.17, 15) is 9.59 Å². The van der Waals surface area contributed by atoms with Crippen LogP contribution in [0.15, 0.2) is 24.3 Å². The lowest BCUT2D eigenvalue weighted by Gasteiger charge is -2.18. The number of carboxylic acids is 1. The smallest absolute Gasteiger partial charge is 0.306 e. The number of hydrogen-bond acceptors (Lipinski definition) is 3. The number of aliphatic carboxylic acids is 1. The van der Waals surface area contributed by atoms with E-state index in [1.807, 2.05) is 0 Å². The Kier molecular flexibility index (Phi) is 31.7. The molecule has 0 spiro atoms. The summed E-state index contributed by atoms with van der Waals surface area (Å²) in [5, 5.41) is 8.67. The van der Waals surface area contributed by atoms with Gasteiger partial charge in [0, 0.05) is 12.8 Å². The van der Waals surface area contributed by atoms with Crippen molar-refractivity contribution >= 4 is 11.9 Å². The van der Waals surface area contributed by atoms with Gasteiger partial charge in [-0.05, 0) is 64.2 Å². The molecule has 41 heavy (non-hydrogen) atoms. The number of esters is 1. The van der Waals surface area contributed by atoms with Gasteiger partial charge in [0.25, 0.3) is 0 Å². The van der Waals surface area contributed by atoms with Gasteiger partial charge in [-0.1, -0.05) is 141 Å². The van der Waals surface area contributed by atoms with E-state index in [1.165, 1.54) is 96.3 Å². The van der Waals surface area contributed by atoms with Gasteiger partial charge in [-0.3, -0.25) is 9.59 Å². The minimum absolute atomic E-state index is 0.0107. The topological polar surface area (TPSA) is 63.6 Å². The van der Waals surface area contributed by atoms with Crippen molar-refractivity contribution in [1.29, 1.82) is 0 Å². The van der Waals surface area contributed by atoms with Gasteiger partial charge in [-0.2, -0.15) is 0 Å². The lowest BCUT2D eigenvalue weighted by Crippen LogP contribution is -2.18. The maximum atomic E-state index is 12.4. The standard InChI is InChI=1S/C37H68O4/c1-3-5-7-8-9-10-11-12-13-14-15-16-17-21-24-27-30-34-37(40)41-35(31-6-4-2)32-28-25-22-19-18-20-23-26-29-33-36(38)39/h9-10,12-13,35H,3-8,11,14-34H2,1-2H3,(H,38,39)/b10-9-,13-12-. The van der Waals surface area contributed by atoms with E-state index in [0.29, 0.717) is 12.8 Å². The summed E-state index contributed by atoms with van der Waals surface area (Å²) in [6, 6.07) is 0. The second kappa shape index (κ2) is 32.9. The van der Waals surface area contributed by atoms with Gasteiger partial charge in [0.1, 0.15) is 6.10 Å². The summed E-state index contributed by atoms with van der Waals surface area (Å²) in [5.74, 6) is -0.670. The maximum Gasteiger partial charge on any atom is 0.306 e. The molecule has 0 radical (unpaired) electrons. The molecule has 0 heterocycles. The first-order valence-electron chi connectivity index (χ1n) is 17.8. The zero-order valence-electron chi connectivity index (χ0n) is 27.4. The molecule has 1 unspecified atom stereocenters. The molecule has 1 N–H and O–H groups in total. The van der Waals surface area contributed by atoms with Crippen molar-refractivity contribution in [2.45, 2.75) is 200 Å². The molecule has 0 rings (SSSR count). The van der Waals surface area contributed by atoms with Crippen LogP contribution in [0.4, 0.5) is 0 Å². The third kappa shape index (κ3) is 32.8. The second-order valence-corrected chi connectivity index (χ2v) is 12.1. The van der Waals surface area contributed by atoms with Crippen LogP contribution >= 0.6 is 0 Å². The number of ether oxygens (including phenoxy) is 1. The van der Waals surface area contributed by atoms with Gasteiger partial charge >= 0.3 is 11.9 Å². The van der Waals surface area contributed by atoms with Crippen molar-refractivity contribution < 1.29 is 19.4 Å². The summed E-state index contributed by atoms with van der Waals surface area (Å²) < 4.78 is 5.89. The second-order valence-electron chi connectivity index (χ2n) is 12.1. The number of carbonyl (C=O) groups is 2. The van der Waals surface area contributed by atoms with Crippen LogP contribution in [0.5, 0.6) is 0 Å². The average molecular weight is 577 g/mol. The number of unbranched alkanes of at least 4 members (excludes halogenated alkanes) is 19. The highest BCUT2D eigenvalue weighted by atomic mass is 16.5. The molecule has 240 valence electrons. The summed E-state index contributed by atoms with van der Waals surface area (Å²) in [5.41, 5.74) is 0. The molecule has 0 aliphatic carbocycles.